The van der Waals surface area contributed by atoms with E-state index in [1.165, 1.54) is 6.07 Å². The van der Waals surface area contributed by atoms with Crippen LogP contribution in [-0.4, -0.2) is 43.5 Å². The number of benzene rings is 2. The highest BCUT2D eigenvalue weighted by Crippen LogP contribution is 2.52. The molecule has 0 radical (unpaired) electrons. The molecule has 8 nitrogen and oxygen atoms in total. The summed E-state index contributed by atoms with van der Waals surface area (Å²) >= 11 is 0. The summed E-state index contributed by atoms with van der Waals surface area (Å²) in [6.45, 7) is 0. The average Bonchev–Trinajstić information content (AvgIpc) is 2.83. The fraction of sp³-hybridized carbons (Fsp3) is 0.250. The molecule has 5 rings (SSSR count). The summed E-state index contributed by atoms with van der Waals surface area (Å²) in [4.78, 5) is 37.7. The van der Waals surface area contributed by atoms with Gasteiger partial charge in [-0.2, -0.15) is 0 Å². The molecule has 0 bridgehead atoms. The van der Waals surface area contributed by atoms with Gasteiger partial charge in [-0.1, -0.05) is 42.2 Å². The summed E-state index contributed by atoms with van der Waals surface area (Å²) < 4.78 is 0. The van der Waals surface area contributed by atoms with Gasteiger partial charge in [0.1, 0.15) is 22.8 Å². The number of aliphatic hydroxyl groups excluding tert-OH is 2. The molecule has 6 N–H and O–H groups in total. The number of aliphatic hydroxyl groups is 3. The Balaban J connectivity index is 1.60. The lowest BCUT2D eigenvalue weighted by atomic mass is 9.59. The van der Waals surface area contributed by atoms with E-state index in [-0.39, 0.29) is 36.1 Å². The number of aromatic hydroxyl groups is 1. The van der Waals surface area contributed by atoms with Crippen LogP contribution in [0.4, 0.5) is 0 Å². The molecule has 0 saturated heterocycles. The van der Waals surface area contributed by atoms with E-state index < -0.39 is 52.0 Å². The van der Waals surface area contributed by atoms with Crippen molar-refractivity contribution in [2.75, 3.05) is 0 Å². The first kappa shape index (κ1) is 23.4. The van der Waals surface area contributed by atoms with Crippen molar-refractivity contribution >= 4 is 23.2 Å². The molecule has 0 heterocycles. The number of hydrogen-bond acceptors (Lipinski definition) is 7. The molecular formula is C28H23NO7. The molecule has 182 valence electrons. The average molecular weight is 485 g/mol. The first-order chi connectivity index (χ1) is 17.1. The zero-order chi connectivity index (χ0) is 25.8. The highest BCUT2D eigenvalue weighted by atomic mass is 16.3. The van der Waals surface area contributed by atoms with Crippen LogP contribution in [0.15, 0.2) is 59.4 Å². The largest absolute Gasteiger partial charge is 0.508 e. The smallest absolute Gasteiger partial charge is 0.255 e. The Morgan fingerprint density at radius 2 is 1.78 bits per heavy atom. The second kappa shape index (κ2) is 8.40. The van der Waals surface area contributed by atoms with E-state index in [1.807, 2.05) is 30.3 Å². The van der Waals surface area contributed by atoms with Gasteiger partial charge in [0, 0.05) is 29.9 Å². The molecule has 8 heteroatoms. The van der Waals surface area contributed by atoms with Crippen LogP contribution in [0, 0.1) is 23.7 Å². The second-order valence-corrected chi connectivity index (χ2v) is 9.36. The number of fused-ring (bicyclic) bond motifs is 3. The first-order valence-electron chi connectivity index (χ1n) is 11.5. The van der Waals surface area contributed by atoms with E-state index >= 15 is 0 Å². The van der Waals surface area contributed by atoms with Gasteiger partial charge in [0.15, 0.2) is 11.4 Å². The molecule has 0 unspecified atom stereocenters. The molecule has 0 aliphatic heterocycles. The fourth-order valence-electron chi connectivity index (χ4n) is 5.58. The predicted molar refractivity (Wildman–Crippen MR) is 128 cm³/mol. The molecule has 2 aromatic rings. The molecule has 1 saturated carbocycles. The number of carbonyl (C=O) groups excluding carboxylic acids is 3. The summed E-state index contributed by atoms with van der Waals surface area (Å²) in [6, 6.07) is 12.7. The highest BCUT2D eigenvalue weighted by molar-refractivity contribution is 6.22. The van der Waals surface area contributed by atoms with Crippen molar-refractivity contribution in [2.45, 2.75) is 31.3 Å². The maximum Gasteiger partial charge on any atom is 0.255 e. The van der Waals surface area contributed by atoms with Crippen molar-refractivity contribution in [3.05, 3.63) is 81.6 Å². The molecule has 2 aromatic carbocycles. The maximum atomic E-state index is 13.5. The normalized spacial score (nSPS) is 24.9. The van der Waals surface area contributed by atoms with Gasteiger partial charge in [0.05, 0.1) is 5.56 Å². The summed E-state index contributed by atoms with van der Waals surface area (Å²) in [5.74, 6) is -0.300. The monoisotopic (exact) mass is 485 g/mol. The fourth-order valence-corrected chi connectivity index (χ4v) is 5.58. The number of phenols is 1. The number of primary amides is 1. The number of hydrogen-bond donors (Lipinski definition) is 5. The zero-order valence-corrected chi connectivity index (χ0v) is 19.1. The molecule has 1 fully saturated rings. The van der Waals surface area contributed by atoms with Crippen LogP contribution in [0.3, 0.4) is 0 Å². The lowest BCUT2D eigenvalue weighted by Crippen LogP contribution is -2.58. The topological polar surface area (TPSA) is 158 Å². The van der Waals surface area contributed by atoms with E-state index in [2.05, 4.69) is 11.8 Å². The van der Waals surface area contributed by atoms with Crippen LogP contribution in [0.2, 0.25) is 0 Å². The summed E-state index contributed by atoms with van der Waals surface area (Å²) in [5, 5.41) is 43.6. The molecule has 0 aromatic heterocycles. The molecule has 36 heavy (non-hydrogen) atoms. The Morgan fingerprint density at radius 3 is 2.47 bits per heavy atom. The summed E-state index contributed by atoms with van der Waals surface area (Å²) in [6.07, 6.45) is 0.440. The van der Waals surface area contributed by atoms with E-state index in [1.54, 1.807) is 6.07 Å². The molecule has 3 aliphatic rings. The second-order valence-electron chi connectivity index (χ2n) is 9.36. The number of phenolic OH excluding ortho intramolecular Hbond substituents is 1. The summed E-state index contributed by atoms with van der Waals surface area (Å²) in [5.41, 5.74) is 3.85. The van der Waals surface area contributed by atoms with Crippen LogP contribution in [0.1, 0.15) is 35.1 Å². The Labute approximate surface area is 206 Å². The van der Waals surface area contributed by atoms with Crippen LogP contribution in [-0.2, 0) is 27.2 Å². The van der Waals surface area contributed by atoms with Gasteiger partial charge < -0.3 is 26.2 Å². The van der Waals surface area contributed by atoms with Crippen molar-refractivity contribution in [3.63, 3.8) is 0 Å². The highest BCUT2D eigenvalue weighted by Gasteiger charge is 2.60. The molecule has 1 amide bonds. The number of ketones is 2. The van der Waals surface area contributed by atoms with E-state index in [0.717, 1.165) is 5.56 Å². The molecule has 3 aliphatic carbocycles. The number of Topliss-reactive ketones (excluding diaryl/α,β-unsaturated/α-hetero) is 2. The SMILES string of the molecule is NC(=O)C1=C(O)[C@@]2(O)C(=O)C3=C(O)c4c(O)ccc(C#CCc5ccccc5)c4C[C@H]3C[C@H]2CC1=O. The maximum absolute atomic E-state index is 13.5. The Morgan fingerprint density at radius 1 is 1.06 bits per heavy atom. The van der Waals surface area contributed by atoms with E-state index in [4.69, 9.17) is 5.73 Å². The Bertz CT molecular complexity index is 1460. The van der Waals surface area contributed by atoms with E-state index in [0.29, 0.717) is 17.5 Å². The number of carbonyl (C=O) groups is 3. The molecule has 3 atom stereocenters. The third-order valence-electron chi connectivity index (χ3n) is 7.31. The third-order valence-corrected chi connectivity index (χ3v) is 7.31. The number of amides is 1. The van der Waals surface area contributed by atoms with Gasteiger partial charge in [-0.05, 0) is 42.0 Å². The molecule has 0 spiro atoms. The third kappa shape index (κ3) is 3.40. The minimum absolute atomic E-state index is 0.0358. The van der Waals surface area contributed by atoms with Crippen LogP contribution in [0.5, 0.6) is 5.75 Å². The van der Waals surface area contributed by atoms with Crippen LogP contribution in [0.25, 0.3) is 5.76 Å². The van der Waals surface area contributed by atoms with Gasteiger partial charge in [0.25, 0.3) is 5.91 Å². The number of nitrogens with two attached hydrogens (primary N) is 1. The standard InChI is InChI=1S/C28H23NO7/c29-27(35)23-20(31)13-17-11-16-12-18-15(8-4-7-14-5-2-1-3-6-14)9-10-19(30)22(18)24(32)21(16)25(33)28(17,36)26(23)34/h1-3,5-6,9-10,16-17,30,32,34,36H,7,11-13H2,(H2,29,35)/t16-,17+,28+/m1/s1. The van der Waals surface area contributed by atoms with Crippen molar-refractivity contribution < 1.29 is 34.8 Å². The lowest BCUT2D eigenvalue weighted by molar-refractivity contribution is -0.147. The number of rotatable bonds is 2. The van der Waals surface area contributed by atoms with Crippen molar-refractivity contribution in [2.24, 2.45) is 17.6 Å². The van der Waals surface area contributed by atoms with Gasteiger partial charge in [0.2, 0.25) is 5.78 Å². The van der Waals surface area contributed by atoms with Crippen molar-refractivity contribution in [1.29, 1.82) is 0 Å². The predicted octanol–water partition coefficient (Wildman–Crippen LogP) is 2.02. The van der Waals surface area contributed by atoms with Crippen molar-refractivity contribution in [1.82, 2.24) is 0 Å². The van der Waals surface area contributed by atoms with Gasteiger partial charge >= 0.3 is 0 Å². The Hall–Kier alpha value is -4.35. The minimum Gasteiger partial charge on any atom is -0.508 e. The minimum atomic E-state index is -2.57. The van der Waals surface area contributed by atoms with Crippen LogP contribution < -0.4 is 5.73 Å². The zero-order valence-electron chi connectivity index (χ0n) is 19.1. The van der Waals surface area contributed by atoms with Gasteiger partial charge in [-0.3, -0.25) is 14.4 Å². The van der Waals surface area contributed by atoms with Crippen molar-refractivity contribution in [3.8, 4) is 17.6 Å². The Kier molecular flexibility index (Phi) is 5.46. The molecular weight excluding hydrogens is 462 g/mol. The lowest BCUT2D eigenvalue weighted by Gasteiger charge is -2.46. The first-order valence-corrected chi connectivity index (χ1v) is 11.5. The van der Waals surface area contributed by atoms with Gasteiger partial charge in [-0.15, -0.1) is 0 Å². The van der Waals surface area contributed by atoms with E-state index in [9.17, 15) is 34.8 Å². The van der Waals surface area contributed by atoms with Gasteiger partial charge in [-0.25, -0.2) is 0 Å². The van der Waals surface area contributed by atoms with Crippen LogP contribution >= 0.6 is 0 Å². The summed E-state index contributed by atoms with van der Waals surface area (Å²) in [7, 11) is 0. The quantitative estimate of drug-likeness (QED) is 0.322.